The van der Waals surface area contributed by atoms with Gasteiger partial charge in [-0.2, -0.15) is 0 Å². The summed E-state index contributed by atoms with van der Waals surface area (Å²) in [5, 5.41) is 2.51. The van der Waals surface area contributed by atoms with Gasteiger partial charge in [0.25, 0.3) is 0 Å². The van der Waals surface area contributed by atoms with Crippen molar-refractivity contribution in [3.63, 3.8) is 0 Å². The molecular weight excluding hydrogens is 476 g/mol. The standard InChI is InChI=1S/C32H42N2O2S/c1-31-13-11-27-19-23-6-7-28(34(2)16-17-35-3)20-24(23)10-14-32(27,36-37)30(31)9-8-29(31)25-5-4-22-12-15-33-21-26(22)18-25/h4-5,11-12,15,18-19,21,24,28-30,37H,6-10,13-14,16-17,20H2,1-3H3/t24?,28?,29?,30?,31?,32-/m1/s1. The Balaban J connectivity index is 1.28. The molecular formula is C32H42N2O2S. The topological polar surface area (TPSA) is 34.6 Å². The van der Waals surface area contributed by atoms with Crippen LogP contribution in [0.15, 0.2) is 60.0 Å². The molecule has 37 heavy (non-hydrogen) atoms. The van der Waals surface area contributed by atoms with Gasteiger partial charge in [0.1, 0.15) is 5.60 Å². The molecule has 198 valence electrons. The summed E-state index contributed by atoms with van der Waals surface area (Å²) >= 11 is 4.63. The van der Waals surface area contributed by atoms with Gasteiger partial charge in [-0.1, -0.05) is 36.8 Å². The summed E-state index contributed by atoms with van der Waals surface area (Å²) in [5.41, 5.74) is 4.40. The van der Waals surface area contributed by atoms with Crippen LogP contribution >= 0.6 is 12.9 Å². The Kier molecular flexibility index (Phi) is 7.02. The van der Waals surface area contributed by atoms with Crippen LogP contribution in [0.1, 0.15) is 69.8 Å². The van der Waals surface area contributed by atoms with E-state index in [1.165, 1.54) is 60.4 Å². The minimum absolute atomic E-state index is 0.166. The largest absolute Gasteiger partial charge is 0.383 e. The fraction of sp³-hybridized carbons (Fsp3) is 0.594. The molecule has 0 aliphatic heterocycles. The summed E-state index contributed by atoms with van der Waals surface area (Å²) in [6, 6.07) is 9.77. The second-order valence-corrected chi connectivity index (χ2v) is 12.6. The fourth-order valence-corrected chi connectivity index (χ4v) is 8.88. The number of pyridine rings is 1. The molecule has 5 unspecified atom stereocenters. The van der Waals surface area contributed by atoms with Crippen molar-refractivity contribution < 1.29 is 8.92 Å². The van der Waals surface area contributed by atoms with E-state index in [-0.39, 0.29) is 11.0 Å². The van der Waals surface area contributed by atoms with E-state index >= 15 is 0 Å². The van der Waals surface area contributed by atoms with Crippen LogP contribution in [0.4, 0.5) is 0 Å². The van der Waals surface area contributed by atoms with Crippen molar-refractivity contribution in [1.82, 2.24) is 9.88 Å². The van der Waals surface area contributed by atoms with Crippen molar-refractivity contribution in [2.24, 2.45) is 17.3 Å². The van der Waals surface area contributed by atoms with Gasteiger partial charge in [0.05, 0.1) is 6.61 Å². The van der Waals surface area contributed by atoms with Gasteiger partial charge in [-0.05, 0) is 123 Å². The number of allylic oxidation sites excluding steroid dienone is 2. The van der Waals surface area contributed by atoms with E-state index in [9.17, 15) is 0 Å². The number of hydrogen-bond acceptors (Lipinski definition) is 5. The van der Waals surface area contributed by atoms with E-state index in [4.69, 9.17) is 8.92 Å². The average Bonchev–Trinajstić information content (AvgIpc) is 3.19. The first-order chi connectivity index (χ1) is 18.0. The fourth-order valence-electron chi connectivity index (χ4n) is 8.55. The minimum atomic E-state index is -0.287. The number of thiol groups is 1. The highest BCUT2D eigenvalue weighted by molar-refractivity contribution is 7.75. The van der Waals surface area contributed by atoms with Gasteiger partial charge in [-0.25, -0.2) is 0 Å². The SMILES string of the molecule is COCCN(C)C1CCC2=CC3=CCC4(C)C(c5ccc6ccncc6c5)CCC4[C@@]3(OS)CCC2C1. The van der Waals surface area contributed by atoms with Gasteiger partial charge < -0.3 is 13.8 Å². The van der Waals surface area contributed by atoms with E-state index in [1.54, 1.807) is 12.7 Å². The van der Waals surface area contributed by atoms with Crippen LogP contribution in [0.5, 0.6) is 0 Å². The number of ether oxygens (including phenoxy) is 1. The van der Waals surface area contributed by atoms with Crippen molar-refractivity contribution in [3.8, 4) is 0 Å². The summed E-state index contributed by atoms with van der Waals surface area (Å²) < 4.78 is 11.7. The molecule has 0 spiro atoms. The lowest BCUT2D eigenvalue weighted by Crippen LogP contribution is -2.49. The molecule has 2 fully saturated rings. The van der Waals surface area contributed by atoms with Crippen LogP contribution in [0.3, 0.4) is 0 Å². The van der Waals surface area contributed by atoms with E-state index in [1.807, 2.05) is 12.4 Å². The Hall–Kier alpha value is -1.66. The third kappa shape index (κ3) is 4.30. The number of hydrogen-bond donors (Lipinski definition) is 1. The summed E-state index contributed by atoms with van der Waals surface area (Å²) in [5.74, 6) is 1.65. The molecule has 4 aliphatic carbocycles. The summed E-state index contributed by atoms with van der Waals surface area (Å²) in [6.07, 6.45) is 18.4. The Morgan fingerprint density at radius 1 is 1.14 bits per heavy atom. The minimum Gasteiger partial charge on any atom is -0.383 e. The zero-order valence-corrected chi connectivity index (χ0v) is 23.6. The first-order valence-electron chi connectivity index (χ1n) is 14.2. The molecule has 1 aromatic heterocycles. The molecule has 0 amide bonds. The lowest BCUT2D eigenvalue weighted by atomic mass is 9.58. The van der Waals surface area contributed by atoms with Crippen molar-refractivity contribution in [3.05, 3.63) is 65.5 Å². The number of fused-ring (bicyclic) bond motifs is 5. The van der Waals surface area contributed by atoms with Gasteiger partial charge in [-0.15, -0.1) is 0 Å². The zero-order valence-electron chi connectivity index (χ0n) is 22.7. The predicted molar refractivity (Wildman–Crippen MR) is 154 cm³/mol. The Labute approximate surface area is 228 Å². The lowest BCUT2D eigenvalue weighted by molar-refractivity contribution is -0.0121. The highest BCUT2D eigenvalue weighted by Gasteiger charge is 2.59. The van der Waals surface area contributed by atoms with Crippen LogP contribution in [-0.4, -0.2) is 48.8 Å². The monoisotopic (exact) mass is 518 g/mol. The van der Waals surface area contributed by atoms with E-state index in [0.29, 0.717) is 23.8 Å². The molecule has 4 aliphatic rings. The molecule has 0 saturated heterocycles. The van der Waals surface area contributed by atoms with Crippen molar-refractivity contribution in [1.29, 1.82) is 0 Å². The zero-order chi connectivity index (χ0) is 25.6. The van der Waals surface area contributed by atoms with Gasteiger partial charge >= 0.3 is 0 Å². The molecule has 0 radical (unpaired) electrons. The third-order valence-corrected chi connectivity index (χ3v) is 11.0. The van der Waals surface area contributed by atoms with Crippen molar-refractivity contribution in [2.45, 2.75) is 75.9 Å². The number of benzene rings is 1. The van der Waals surface area contributed by atoms with Crippen LogP contribution in [0, 0.1) is 17.3 Å². The van der Waals surface area contributed by atoms with Gasteiger partial charge in [0, 0.05) is 37.5 Å². The number of rotatable bonds is 6. The quantitative estimate of drug-likeness (QED) is 0.326. The first kappa shape index (κ1) is 25.6. The number of methoxy groups -OCH3 is 1. The number of aromatic nitrogens is 1. The molecule has 1 heterocycles. The van der Waals surface area contributed by atoms with Crippen LogP contribution in [0.2, 0.25) is 0 Å². The molecule has 6 rings (SSSR count). The smallest absolute Gasteiger partial charge is 0.110 e. The number of likely N-dealkylation sites (N-methyl/N-ethyl adjacent to an activating group) is 1. The lowest BCUT2D eigenvalue weighted by Gasteiger charge is -2.50. The molecule has 1 aromatic carbocycles. The van der Waals surface area contributed by atoms with Crippen LogP contribution < -0.4 is 0 Å². The Morgan fingerprint density at radius 2 is 2.03 bits per heavy atom. The predicted octanol–water partition coefficient (Wildman–Crippen LogP) is 7.13. The highest BCUT2D eigenvalue weighted by atomic mass is 32.1. The van der Waals surface area contributed by atoms with Crippen LogP contribution in [0.25, 0.3) is 10.8 Å². The third-order valence-electron chi connectivity index (χ3n) is 10.7. The molecule has 2 saturated carbocycles. The Morgan fingerprint density at radius 3 is 2.86 bits per heavy atom. The van der Waals surface area contributed by atoms with E-state index in [0.717, 1.165) is 26.0 Å². The van der Waals surface area contributed by atoms with Crippen molar-refractivity contribution in [2.75, 3.05) is 27.3 Å². The second kappa shape index (κ2) is 10.1. The maximum Gasteiger partial charge on any atom is 0.110 e. The van der Waals surface area contributed by atoms with E-state index < -0.39 is 0 Å². The molecule has 5 heteroatoms. The van der Waals surface area contributed by atoms with Crippen molar-refractivity contribution >= 4 is 23.7 Å². The maximum atomic E-state index is 6.37. The Bertz CT molecular complexity index is 1210. The van der Waals surface area contributed by atoms with Gasteiger partial charge in [0.15, 0.2) is 0 Å². The molecule has 2 aromatic rings. The summed E-state index contributed by atoms with van der Waals surface area (Å²) in [7, 11) is 4.06. The molecule has 0 bridgehead atoms. The number of nitrogens with zero attached hydrogens (tertiary/aromatic N) is 2. The summed E-state index contributed by atoms with van der Waals surface area (Å²) in [4.78, 5) is 6.89. The van der Waals surface area contributed by atoms with E-state index in [2.05, 4.69) is 73.2 Å². The first-order valence-corrected chi connectivity index (χ1v) is 14.6. The van der Waals surface area contributed by atoms with Gasteiger partial charge in [0.2, 0.25) is 0 Å². The second-order valence-electron chi connectivity index (χ2n) is 12.4. The molecule has 6 atom stereocenters. The van der Waals surface area contributed by atoms with Crippen LogP contribution in [-0.2, 0) is 8.92 Å². The summed E-state index contributed by atoms with van der Waals surface area (Å²) in [6.45, 7) is 4.34. The highest BCUT2D eigenvalue weighted by Crippen LogP contribution is 2.65. The molecule has 0 N–H and O–H groups in total. The maximum absolute atomic E-state index is 6.37. The average molecular weight is 519 g/mol. The normalized spacial score (nSPS) is 35.4. The van der Waals surface area contributed by atoms with Gasteiger partial charge in [-0.3, -0.25) is 4.98 Å². The molecule has 4 nitrogen and oxygen atoms in total.